The second-order valence-corrected chi connectivity index (χ2v) is 6.62. The third-order valence-corrected chi connectivity index (χ3v) is 4.13. The van der Waals surface area contributed by atoms with Crippen LogP contribution in [0.1, 0.15) is 13.8 Å². The molecule has 0 aliphatic carbocycles. The highest BCUT2D eigenvalue weighted by atomic mass is 16.5. The van der Waals surface area contributed by atoms with Crippen molar-refractivity contribution in [3.05, 3.63) is 0 Å². The van der Waals surface area contributed by atoms with Crippen LogP contribution in [0, 0.1) is 5.92 Å². The van der Waals surface area contributed by atoms with E-state index < -0.39 is 5.97 Å². The van der Waals surface area contributed by atoms with Crippen LogP contribution in [-0.4, -0.2) is 97.4 Å². The van der Waals surface area contributed by atoms with Crippen LogP contribution in [0.5, 0.6) is 0 Å². The summed E-state index contributed by atoms with van der Waals surface area (Å²) in [6.07, 6.45) is 0.295. The molecule has 0 aromatic rings. The summed E-state index contributed by atoms with van der Waals surface area (Å²) >= 11 is 0. The van der Waals surface area contributed by atoms with Gasteiger partial charge in [0, 0.05) is 52.4 Å². The zero-order valence-corrected chi connectivity index (χ0v) is 13.3. The third kappa shape index (κ3) is 5.90. The van der Waals surface area contributed by atoms with Crippen molar-refractivity contribution in [1.29, 1.82) is 0 Å². The molecule has 0 bridgehead atoms. The summed E-state index contributed by atoms with van der Waals surface area (Å²) in [7, 11) is 0. The number of carboxylic acids is 1. The number of piperazine rings is 1. The molecule has 0 spiro atoms. The molecular formula is C15H29N3O3. The van der Waals surface area contributed by atoms with Gasteiger partial charge in [-0.1, -0.05) is 13.8 Å². The lowest BCUT2D eigenvalue weighted by atomic mass is 10.1. The third-order valence-electron chi connectivity index (χ3n) is 4.13. The van der Waals surface area contributed by atoms with Gasteiger partial charge in [0.15, 0.2) is 0 Å². The predicted molar refractivity (Wildman–Crippen MR) is 81.5 cm³/mol. The molecule has 6 nitrogen and oxygen atoms in total. The van der Waals surface area contributed by atoms with Gasteiger partial charge in [-0.3, -0.25) is 19.5 Å². The van der Waals surface area contributed by atoms with Crippen molar-refractivity contribution in [2.45, 2.75) is 20.0 Å². The van der Waals surface area contributed by atoms with Crippen molar-refractivity contribution >= 4 is 5.97 Å². The van der Waals surface area contributed by atoms with Crippen LogP contribution in [0.15, 0.2) is 0 Å². The van der Waals surface area contributed by atoms with Crippen molar-refractivity contribution in [2.24, 2.45) is 5.92 Å². The summed E-state index contributed by atoms with van der Waals surface area (Å²) in [5, 5.41) is 8.81. The van der Waals surface area contributed by atoms with Crippen LogP contribution in [0.2, 0.25) is 0 Å². The van der Waals surface area contributed by atoms with E-state index >= 15 is 0 Å². The predicted octanol–water partition coefficient (Wildman–Crippen LogP) is 0.0454. The molecule has 6 heteroatoms. The summed E-state index contributed by atoms with van der Waals surface area (Å²) in [5.41, 5.74) is 0. The van der Waals surface area contributed by atoms with E-state index in [-0.39, 0.29) is 6.54 Å². The Hall–Kier alpha value is -0.690. The van der Waals surface area contributed by atoms with Gasteiger partial charge in [0.2, 0.25) is 0 Å². The highest BCUT2D eigenvalue weighted by molar-refractivity contribution is 5.69. The van der Waals surface area contributed by atoms with Gasteiger partial charge in [0.25, 0.3) is 0 Å². The van der Waals surface area contributed by atoms with Gasteiger partial charge in [-0.05, 0) is 5.92 Å². The Morgan fingerprint density at radius 2 is 1.81 bits per heavy atom. The highest BCUT2D eigenvalue weighted by Crippen LogP contribution is 2.11. The monoisotopic (exact) mass is 299 g/mol. The molecule has 2 rings (SSSR count). The molecule has 0 aromatic carbocycles. The Balaban J connectivity index is 1.69. The topological polar surface area (TPSA) is 56.2 Å². The van der Waals surface area contributed by atoms with Gasteiger partial charge in [0.05, 0.1) is 19.3 Å². The molecule has 2 fully saturated rings. The molecule has 1 atom stereocenters. The van der Waals surface area contributed by atoms with Gasteiger partial charge in [-0.2, -0.15) is 0 Å². The average Bonchev–Trinajstić information content (AvgIpc) is 2.40. The average molecular weight is 299 g/mol. The van der Waals surface area contributed by atoms with E-state index in [1.165, 1.54) is 0 Å². The molecule has 2 aliphatic heterocycles. The number of hydrogen-bond acceptors (Lipinski definition) is 5. The molecule has 122 valence electrons. The first-order valence-corrected chi connectivity index (χ1v) is 8.03. The number of carbonyl (C=O) groups is 1. The van der Waals surface area contributed by atoms with E-state index in [0.29, 0.717) is 12.0 Å². The number of rotatable bonds is 6. The molecule has 1 unspecified atom stereocenters. The first-order valence-electron chi connectivity index (χ1n) is 8.03. The standard InChI is InChI=1S/C15H29N3O3/c1-13(2)9-18-7-8-21-14(11-18)10-16-3-5-17(6-4-16)12-15(19)20/h13-14H,3-12H2,1-2H3,(H,19,20). The maximum absolute atomic E-state index is 10.7. The highest BCUT2D eigenvalue weighted by Gasteiger charge is 2.25. The SMILES string of the molecule is CC(C)CN1CCOC(CN2CCN(CC(=O)O)CC2)C1. The van der Waals surface area contributed by atoms with E-state index in [1.807, 2.05) is 4.90 Å². The lowest BCUT2D eigenvalue weighted by Gasteiger charge is -2.39. The molecule has 21 heavy (non-hydrogen) atoms. The summed E-state index contributed by atoms with van der Waals surface area (Å²) in [6, 6.07) is 0. The Bertz CT molecular complexity index is 330. The van der Waals surface area contributed by atoms with E-state index in [2.05, 4.69) is 23.6 Å². The second-order valence-electron chi connectivity index (χ2n) is 6.62. The molecule has 2 heterocycles. The molecule has 0 saturated carbocycles. The number of morpholine rings is 1. The number of hydrogen-bond donors (Lipinski definition) is 1. The van der Waals surface area contributed by atoms with Crippen LogP contribution in [0.3, 0.4) is 0 Å². The van der Waals surface area contributed by atoms with Crippen LogP contribution in [0.4, 0.5) is 0 Å². The Labute approximate surface area is 127 Å². The minimum absolute atomic E-state index is 0.163. The van der Waals surface area contributed by atoms with Gasteiger partial charge < -0.3 is 9.84 Å². The zero-order chi connectivity index (χ0) is 15.2. The summed E-state index contributed by atoms with van der Waals surface area (Å²) in [6.45, 7) is 13.2. The fraction of sp³-hybridized carbons (Fsp3) is 0.933. The van der Waals surface area contributed by atoms with Gasteiger partial charge in [-0.15, -0.1) is 0 Å². The van der Waals surface area contributed by atoms with Crippen molar-refractivity contribution in [1.82, 2.24) is 14.7 Å². The lowest BCUT2D eigenvalue weighted by Crippen LogP contribution is -2.53. The minimum Gasteiger partial charge on any atom is -0.480 e. The van der Waals surface area contributed by atoms with Crippen molar-refractivity contribution in [3.63, 3.8) is 0 Å². The lowest BCUT2D eigenvalue weighted by molar-refractivity contribution is -0.138. The summed E-state index contributed by atoms with van der Waals surface area (Å²) < 4.78 is 5.89. The van der Waals surface area contributed by atoms with E-state index in [1.54, 1.807) is 0 Å². The Morgan fingerprint density at radius 3 is 2.43 bits per heavy atom. The fourth-order valence-corrected chi connectivity index (χ4v) is 3.18. The number of nitrogens with zero attached hydrogens (tertiary/aromatic N) is 3. The first-order chi connectivity index (χ1) is 10.0. The summed E-state index contributed by atoms with van der Waals surface area (Å²) in [5.74, 6) is -0.0355. The van der Waals surface area contributed by atoms with Crippen LogP contribution >= 0.6 is 0 Å². The van der Waals surface area contributed by atoms with Crippen molar-refractivity contribution < 1.29 is 14.6 Å². The Morgan fingerprint density at radius 1 is 1.14 bits per heavy atom. The molecule has 0 amide bonds. The van der Waals surface area contributed by atoms with E-state index in [0.717, 1.165) is 59.0 Å². The molecule has 0 radical (unpaired) electrons. The molecule has 0 aromatic heterocycles. The second kappa shape index (κ2) is 8.08. The Kier molecular flexibility index (Phi) is 6.41. The van der Waals surface area contributed by atoms with Crippen molar-refractivity contribution in [3.8, 4) is 0 Å². The largest absolute Gasteiger partial charge is 0.480 e. The maximum Gasteiger partial charge on any atom is 0.317 e. The van der Waals surface area contributed by atoms with Crippen LogP contribution < -0.4 is 0 Å². The molecule has 2 saturated heterocycles. The van der Waals surface area contributed by atoms with E-state index in [9.17, 15) is 4.79 Å². The quantitative estimate of drug-likeness (QED) is 0.748. The molecule has 2 aliphatic rings. The van der Waals surface area contributed by atoms with Gasteiger partial charge in [-0.25, -0.2) is 0 Å². The van der Waals surface area contributed by atoms with Crippen LogP contribution in [-0.2, 0) is 9.53 Å². The molecule has 1 N–H and O–H groups in total. The maximum atomic E-state index is 10.7. The molecular weight excluding hydrogens is 270 g/mol. The number of ether oxygens (including phenoxy) is 1. The fourth-order valence-electron chi connectivity index (χ4n) is 3.18. The first kappa shape index (κ1) is 16.7. The minimum atomic E-state index is -0.733. The summed E-state index contributed by atoms with van der Waals surface area (Å²) in [4.78, 5) is 17.6. The normalized spacial score (nSPS) is 26.3. The van der Waals surface area contributed by atoms with Crippen molar-refractivity contribution in [2.75, 3.05) is 65.5 Å². The number of carboxylic acid groups (broad SMARTS) is 1. The number of aliphatic carboxylic acids is 1. The van der Waals surface area contributed by atoms with Gasteiger partial charge in [0.1, 0.15) is 0 Å². The van der Waals surface area contributed by atoms with E-state index in [4.69, 9.17) is 9.84 Å². The van der Waals surface area contributed by atoms with Gasteiger partial charge >= 0.3 is 5.97 Å². The van der Waals surface area contributed by atoms with Crippen LogP contribution in [0.25, 0.3) is 0 Å². The zero-order valence-electron chi connectivity index (χ0n) is 13.3. The smallest absolute Gasteiger partial charge is 0.317 e.